The molecule has 0 saturated heterocycles. The largest absolute Gasteiger partial charge is 0.346 e. The Bertz CT molecular complexity index is 86.1. The maximum Gasteiger partial charge on any atom is 0.341 e. The van der Waals surface area contributed by atoms with Crippen LogP contribution < -0.4 is 5.73 Å². The maximum atomic E-state index is 10.3. The molecule has 0 unspecified atom stereocenters. The number of rotatable bonds is 2. The lowest BCUT2D eigenvalue weighted by molar-refractivity contribution is -0.135. The first-order chi connectivity index (χ1) is 3.72. The molecule has 0 aliphatic heterocycles. The SMILES string of the molecule is CC[C@@H](N)C(=O)OCl. The Hall–Kier alpha value is -0.280. The molecule has 0 heterocycles. The summed E-state index contributed by atoms with van der Waals surface area (Å²) >= 11 is 4.70. The molecule has 0 rings (SSSR count). The molecule has 3 nitrogen and oxygen atoms in total. The molecule has 1 atom stereocenters. The van der Waals surface area contributed by atoms with Gasteiger partial charge in [0.2, 0.25) is 0 Å². The summed E-state index contributed by atoms with van der Waals surface area (Å²) in [6.07, 6.45) is 0.547. The minimum absolute atomic E-state index is 0.547. The molecule has 0 aromatic rings. The second-order valence-electron chi connectivity index (χ2n) is 1.41. The molecule has 0 radical (unpaired) electrons. The van der Waals surface area contributed by atoms with Crippen LogP contribution in [0.3, 0.4) is 0 Å². The van der Waals surface area contributed by atoms with Crippen molar-refractivity contribution in [2.24, 2.45) is 5.73 Å². The van der Waals surface area contributed by atoms with Crippen molar-refractivity contribution < 1.29 is 9.08 Å². The van der Waals surface area contributed by atoms with Crippen molar-refractivity contribution in [1.29, 1.82) is 0 Å². The minimum Gasteiger partial charge on any atom is -0.346 e. The van der Waals surface area contributed by atoms with Gasteiger partial charge in [0.15, 0.2) is 0 Å². The zero-order valence-corrected chi connectivity index (χ0v) is 5.31. The second kappa shape index (κ2) is 3.69. The van der Waals surface area contributed by atoms with Gasteiger partial charge >= 0.3 is 5.97 Å². The highest BCUT2D eigenvalue weighted by atomic mass is 35.5. The van der Waals surface area contributed by atoms with Crippen LogP contribution in [-0.4, -0.2) is 12.0 Å². The summed E-state index contributed by atoms with van der Waals surface area (Å²) in [7, 11) is 0. The predicted molar refractivity (Wildman–Crippen MR) is 30.2 cm³/mol. The van der Waals surface area contributed by atoms with E-state index in [4.69, 9.17) is 17.6 Å². The van der Waals surface area contributed by atoms with Crippen molar-refractivity contribution >= 4 is 17.8 Å². The quantitative estimate of drug-likeness (QED) is 0.600. The van der Waals surface area contributed by atoms with Crippen LogP contribution in [0.25, 0.3) is 0 Å². The van der Waals surface area contributed by atoms with E-state index in [1.165, 1.54) is 0 Å². The summed E-state index contributed by atoms with van der Waals surface area (Å²) in [5.74, 6) is -0.575. The monoisotopic (exact) mass is 137 g/mol. The molecule has 0 spiro atoms. The lowest BCUT2D eigenvalue weighted by Crippen LogP contribution is -2.29. The number of carbonyl (C=O) groups is 1. The molecule has 0 fully saturated rings. The molecule has 4 heteroatoms. The van der Waals surface area contributed by atoms with Gasteiger partial charge in [0.25, 0.3) is 0 Å². The summed E-state index contributed by atoms with van der Waals surface area (Å²) in [5.41, 5.74) is 5.17. The normalized spacial score (nSPS) is 12.9. The Balaban J connectivity index is 3.46. The summed E-state index contributed by atoms with van der Waals surface area (Å²) in [5, 5.41) is 0. The Morgan fingerprint density at radius 3 is 2.62 bits per heavy atom. The molecule has 2 N–H and O–H groups in total. The maximum absolute atomic E-state index is 10.3. The third-order valence-corrected chi connectivity index (χ3v) is 0.971. The van der Waals surface area contributed by atoms with Crippen LogP contribution in [0.5, 0.6) is 0 Å². The highest BCUT2D eigenvalue weighted by Crippen LogP contribution is 1.91. The van der Waals surface area contributed by atoms with E-state index in [1.54, 1.807) is 6.92 Å². The first-order valence-corrected chi connectivity index (χ1v) is 2.61. The van der Waals surface area contributed by atoms with Crippen LogP contribution in [0.15, 0.2) is 0 Å². The predicted octanol–water partition coefficient (Wildman–Crippen LogP) is 0.421. The third kappa shape index (κ3) is 2.14. The van der Waals surface area contributed by atoms with Gasteiger partial charge in [-0.1, -0.05) is 6.92 Å². The van der Waals surface area contributed by atoms with Gasteiger partial charge in [-0.05, 0) is 6.42 Å². The average molecular weight is 138 g/mol. The van der Waals surface area contributed by atoms with Crippen LogP contribution in [0.4, 0.5) is 0 Å². The van der Waals surface area contributed by atoms with E-state index in [-0.39, 0.29) is 0 Å². The summed E-state index contributed by atoms with van der Waals surface area (Å²) in [4.78, 5) is 10.3. The van der Waals surface area contributed by atoms with E-state index in [2.05, 4.69) is 4.29 Å². The molecule has 0 aromatic heterocycles. The van der Waals surface area contributed by atoms with E-state index >= 15 is 0 Å². The molecule has 48 valence electrons. The molecule has 8 heavy (non-hydrogen) atoms. The molecule has 0 aliphatic carbocycles. The number of carbonyl (C=O) groups excluding carboxylic acids is 1. The Morgan fingerprint density at radius 1 is 2.00 bits per heavy atom. The zero-order chi connectivity index (χ0) is 6.57. The van der Waals surface area contributed by atoms with Crippen LogP contribution in [0, 0.1) is 0 Å². The van der Waals surface area contributed by atoms with Gasteiger partial charge in [-0.3, -0.25) is 0 Å². The van der Waals surface area contributed by atoms with Crippen molar-refractivity contribution in [3.05, 3.63) is 0 Å². The Morgan fingerprint density at radius 2 is 2.50 bits per heavy atom. The topological polar surface area (TPSA) is 52.3 Å². The van der Waals surface area contributed by atoms with E-state index in [1.807, 2.05) is 0 Å². The lowest BCUT2D eigenvalue weighted by Gasteiger charge is -2.00. The summed E-state index contributed by atoms with van der Waals surface area (Å²) in [6.45, 7) is 1.78. The molecule has 0 saturated carbocycles. The van der Waals surface area contributed by atoms with Gasteiger partial charge in [-0.25, -0.2) is 4.79 Å². The molecule has 0 amide bonds. The van der Waals surface area contributed by atoms with Crippen molar-refractivity contribution in [3.63, 3.8) is 0 Å². The Kier molecular flexibility index (Phi) is 3.56. The zero-order valence-electron chi connectivity index (χ0n) is 4.56. The first-order valence-electron chi connectivity index (χ1n) is 2.30. The Labute approximate surface area is 52.9 Å². The first kappa shape index (κ1) is 7.72. The van der Waals surface area contributed by atoms with Crippen LogP contribution in [0.2, 0.25) is 0 Å². The second-order valence-corrected chi connectivity index (χ2v) is 1.57. The summed E-state index contributed by atoms with van der Waals surface area (Å²) < 4.78 is 3.81. The van der Waals surface area contributed by atoms with Crippen molar-refractivity contribution in [3.8, 4) is 0 Å². The molecule has 0 bridgehead atoms. The number of nitrogens with two attached hydrogens (primary N) is 1. The number of halogens is 1. The van der Waals surface area contributed by atoms with Gasteiger partial charge in [-0.2, -0.15) is 0 Å². The summed E-state index contributed by atoms with van der Waals surface area (Å²) in [6, 6.07) is -0.576. The van der Waals surface area contributed by atoms with Crippen molar-refractivity contribution in [1.82, 2.24) is 0 Å². The fourth-order valence-electron chi connectivity index (χ4n) is 0.224. The van der Waals surface area contributed by atoms with E-state index in [0.29, 0.717) is 6.42 Å². The van der Waals surface area contributed by atoms with Crippen LogP contribution in [0.1, 0.15) is 13.3 Å². The number of hydrogen-bond acceptors (Lipinski definition) is 3. The fourth-order valence-corrected chi connectivity index (χ4v) is 0.338. The van der Waals surface area contributed by atoms with E-state index in [9.17, 15) is 4.79 Å². The highest BCUT2D eigenvalue weighted by Gasteiger charge is 2.10. The highest BCUT2D eigenvalue weighted by molar-refractivity contribution is 6.13. The molecular formula is C4H8ClNO2. The average Bonchev–Trinajstić information content (AvgIpc) is 1.84. The van der Waals surface area contributed by atoms with Crippen LogP contribution >= 0.6 is 11.9 Å². The van der Waals surface area contributed by atoms with Crippen LogP contribution in [-0.2, 0) is 9.08 Å². The van der Waals surface area contributed by atoms with Crippen molar-refractivity contribution in [2.75, 3.05) is 0 Å². The smallest absolute Gasteiger partial charge is 0.341 e. The lowest BCUT2D eigenvalue weighted by atomic mass is 10.2. The van der Waals surface area contributed by atoms with E-state index < -0.39 is 12.0 Å². The van der Waals surface area contributed by atoms with Gasteiger partial charge in [0.05, 0.1) is 0 Å². The molecule has 0 aromatic carbocycles. The van der Waals surface area contributed by atoms with Gasteiger partial charge < -0.3 is 10.0 Å². The van der Waals surface area contributed by atoms with Gasteiger partial charge in [-0.15, -0.1) is 0 Å². The number of hydrogen-bond donors (Lipinski definition) is 1. The molecule has 0 aliphatic rings. The standard InChI is InChI=1S/C4H8ClNO2/c1-2-3(6)4(7)8-5/h3H,2,6H2,1H3/t3-/m1/s1. The van der Waals surface area contributed by atoms with Gasteiger partial charge in [0, 0.05) is 0 Å². The van der Waals surface area contributed by atoms with Crippen molar-refractivity contribution in [2.45, 2.75) is 19.4 Å². The fraction of sp³-hybridized carbons (Fsp3) is 0.750. The van der Waals surface area contributed by atoms with Gasteiger partial charge in [0.1, 0.15) is 17.9 Å². The molecular weight excluding hydrogens is 130 g/mol. The minimum atomic E-state index is -0.576. The third-order valence-electron chi connectivity index (χ3n) is 0.819. The van der Waals surface area contributed by atoms with E-state index in [0.717, 1.165) is 0 Å².